The van der Waals surface area contributed by atoms with Crippen molar-refractivity contribution in [2.75, 3.05) is 25.5 Å². The highest BCUT2D eigenvalue weighted by molar-refractivity contribution is 5.45. The van der Waals surface area contributed by atoms with E-state index >= 15 is 0 Å². The molecule has 2 rings (SSSR count). The first-order chi connectivity index (χ1) is 7.74. The highest BCUT2D eigenvalue weighted by Crippen LogP contribution is 2.40. The van der Waals surface area contributed by atoms with E-state index in [9.17, 15) is 0 Å². The molecule has 1 saturated carbocycles. The SMILES string of the molecule is CNCC1(CNc2cccc(C)c2)CCC1. The molecular weight excluding hydrogens is 196 g/mol. The monoisotopic (exact) mass is 218 g/mol. The quantitative estimate of drug-likeness (QED) is 0.794. The number of hydrogen-bond donors (Lipinski definition) is 2. The van der Waals surface area contributed by atoms with Crippen LogP contribution >= 0.6 is 0 Å². The normalized spacial score (nSPS) is 17.9. The van der Waals surface area contributed by atoms with Crippen molar-refractivity contribution in [2.45, 2.75) is 26.2 Å². The number of rotatable bonds is 5. The Morgan fingerprint density at radius 1 is 1.25 bits per heavy atom. The Hall–Kier alpha value is -1.02. The third kappa shape index (κ3) is 2.56. The van der Waals surface area contributed by atoms with Crippen molar-refractivity contribution >= 4 is 5.69 Å². The van der Waals surface area contributed by atoms with Crippen LogP contribution in [0.4, 0.5) is 5.69 Å². The second kappa shape index (κ2) is 4.88. The predicted octanol–water partition coefficient (Wildman–Crippen LogP) is 2.80. The molecule has 1 aromatic carbocycles. The van der Waals surface area contributed by atoms with Gasteiger partial charge in [0.05, 0.1) is 0 Å². The van der Waals surface area contributed by atoms with Crippen molar-refractivity contribution in [3.8, 4) is 0 Å². The third-order valence-corrected chi connectivity index (χ3v) is 3.65. The van der Waals surface area contributed by atoms with Crippen LogP contribution in [-0.4, -0.2) is 20.1 Å². The summed E-state index contributed by atoms with van der Waals surface area (Å²) in [5, 5.41) is 6.89. The van der Waals surface area contributed by atoms with E-state index in [1.807, 2.05) is 7.05 Å². The van der Waals surface area contributed by atoms with Crippen LogP contribution in [0.3, 0.4) is 0 Å². The van der Waals surface area contributed by atoms with E-state index in [4.69, 9.17) is 0 Å². The molecule has 2 N–H and O–H groups in total. The molecule has 2 heteroatoms. The summed E-state index contributed by atoms with van der Waals surface area (Å²) in [5.41, 5.74) is 3.07. The lowest BCUT2D eigenvalue weighted by Crippen LogP contribution is -2.44. The molecule has 1 aliphatic carbocycles. The van der Waals surface area contributed by atoms with Gasteiger partial charge in [0.2, 0.25) is 0 Å². The van der Waals surface area contributed by atoms with Gasteiger partial charge in [-0.15, -0.1) is 0 Å². The molecule has 0 amide bonds. The number of nitrogens with one attached hydrogen (secondary N) is 2. The van der Waals surface area contributed by atoms with Crippen molar-refractivity contribution in [1.29, 1.82) is 0 Å². The number of hydrogen-bond acceptors (Lipinski definition) is 2. The van der Waals surface area contributed by atoms with Gasteiger partial charge in [-0.1, -0.05) is 18.6 Å². The summed E-state index contributed by atoms with van der Waals surface area (Å²) in [5.74, 6) is 0. The van der Waals surface area contributed by atoms with Crippen molar-refractivity contribution < 1.29 is 0 Å². The molecule has 0 aromatic heterocycles. The Bertz CT molecular complexity index is 342. The lowest BCUT2D eigenvalue weighted by Gasteiger charge is -2.42. The van der Waals surface area contributed by atoms with Crippen LogP contribution in [0.25, 0.3) is 0 Å². The van der Waals surface area contributed by atoms with Crippen LogP contribution < -0.4 is 10.6 Å². The zero-order valence-corrected chi connectivity index (χ0v) is 10.3. The van der Waals surface area contributed by atoms with Gasteiger partial charge >= 0.3 is 0 Å². The maximum atomic E-state index is 3.57. The Labute approximate surface area is 98.4 Å². The van der Waals surface area contributed by atoms with E-state index in [1.54, 1.807) is 0 Å². The predicted molar refractivity (Wildman–Crippen MR) is 69.9 cm³/mol. The second-order valence-electron chi connectivity index (χ2n) is 5.11. The number of aryl methyl sites for hydroxylation is 1. The van der Waals surface area contributed by atoms with Crippen LogP contribution in [0.2, 0.25) is 0 Å². The minimum atomic E-state index is 0.499. The molecule has 0 atom stereocenters. The fourth-order valence-electron chi connectivity index (χ4n) is 2.51. The van der Waals surface area contributed by atoms with Crippen molar-refractivity contribution in [2.24, 2.45) is 5.41 Å². The molecule has 16 heavy (non-hydrogen) atoms. The fraction of sp³-hybridized carbons (Fsp3) is 0.571. The lowest BCUT2D eigenvalue weighted by molar-refractivity contribution is 0.151. The molecule has 1 aromatic rings. The van der Waals surface area contributed by atoms with Crippen LogP contribution in [0.1, 0.15) is 24.8 Å². The van der Waals surface area contributed by atoms with Crippen molar-refractivity contribution in [3.63, 3.8) is 0 Å². The highest BCUT2D eigenvalue weighted by Gasteiger charge is 2.35. The first-order valence-corrected chi connectivity index (χ1v) is 6.19. The van der Waals surface area contributed by atoms with Crippen molar-refractivity contribution in [1.82, 2.24) is 5.32 Å². The van der Waals surface area contributed by atoms with Gasteiger partial charge in [-0.25, -0.2) is 0 Å². The van der Waals surface area contributed by atoms with Gasteiger partial charge in [-0.3, -0.25) is 0 Å². The van der Waals surface area contributed by atoms with Crippen LogP contribution in [0.5, 0.6) is 0 Å². The Morgan fingerprint density at radius 2 is 2.06 bits per heavy atom. The molecule has 0 radical (unpaired) electrons. The van der Waals surface area contributed by atoms with E-state index in [0.717, 1.165) is 13.1 Å². The molecule has 88 valence electrons. The Morgan fingerprint density at radius 3 is 2.62 bits per heavy atom. The first-order valence-electron chi connectivity index (χ1n) is 6.19. The molecule has 0 aliphatic heterocycles. The summed E-state index contributed by atoms with van der Waals surface area (Å²) in [6.45, 7) is 4.36. The zero-order chi connectivity index (χ0) is 11.4. The molecule has 1 aliphatic rings. The lowest BCUT2D eigenvalue weighted by atomic mass is 9.68. The first kappa shape index (κ1) is 11.5. The largest absolute Gasteiger partial charge is 0.384 e. The maximum Gasteiger partial charge on any atom is 0.0343 e. The van der Waals surface area contributed by atoms with Gasteiger partial charge in [-0.2, -0.15) is 0 Å². The van der Waals surface area contributed by atoms with Crippen LogP contribution in [0.15, 0.2) is 24.3 Å². The minimum Gasteiger partial charge on any atom is -0.384 e. The van der Waals surface area contributed by atoms with Gasteiger partial charge in [-0.05, 0) is 44.5 Å². The summed E-state index contributed by atoms with van der Waals surface area (Å²) in [6, 6.07) is 8.62. The van der Waals surface area contributed by atoms with E-state index in [1.165, 1.54) is 30.5 Å². The summed E-state index contributed by atoms with van der Waals surface area (Å²) in [4.78, 5) is 0. The standard InChI is InChI=1S/C14H22N2/c1-12-5-3-6-13(9-12)16-11-14(10-15-2)7-4-8-14/h3,5-6,9,15-16H,4,7-8,10-11H2,1-2H3. The smallest absolute Gasteiger partial charge is 0.0343 e. The molecule has 0 unspecified atom stereocenters. The van der Waals surface area contributed by atoms with E-state index in [2.05, 4.69) is 41.8 Å². The molecule has 0 heterocycles. The van der Waals surface area contributed by atoms with Gasteiger partial charge in [0.1, 0.15) is 0 Å². The maximum absolute atomic E-state index is 3.57. The summed E-state index contributed by atoms with van der Waals surface area (Å²) in [6.07, 6.45) is 4.09. The second-order valence-corrected chi connectivity index (χ2v) is 5.11. The van der Waals surface area contributed by atoms with Gasteiger partial charge < -0.3 is 10.6 Å². The highest BCUT2D eigenvalue weighted by atomic mass is 14.9. The topological polar surface area (TPSA) is 24.1 Å². The van der Waals surface area contributed by atoms with Gasteiger partial charge in [0.15, 0.2) is 0 Å². The van der Waals surface area contributed by atoms with Crippen LogP contribution in [-0.2, 0) is 0 Å². The van der Waals surface area contributed by atoms with Crippen molar-refractivity contribution in [3.05, 3.63) is 29.8 Å². The molecule has 0 saturated heterocycles. The Kier molecular flexibility index (Phi) is 3.49. The average Bonchev–Trinajstić information content (AvgIpc) is 2.22. The average molecular weight is 218 g/mol. The molecule has 2 nitrogen and oxygen atoms in total. The van der Waals surface area contributed by atoms with E-state index < -0.39 is 0 Å². The summed E-state index contributed by atoms with van der Waals surface area (Å²) in [7, 11) is 2.05. The Balaban J connectivity index is 1.91. The molecule has 0 bridgehead atoms. The third-order valence-electron chi connectivity index (χ3n) is 3.65. The van der Waals surface area contributed by atoms with Gasteiger partial charge in [0.25, 0.3) is 0 Å². The zero-order valence-electron chi connectivity index (χ0n) is 10.3. The van der Waals surface area contributed by atoms with Crippen LogP contribution in [0, 0.1) is 12.3 Å². The summed E-state index contributed by atoms with van der Waals surface area (Å²) < 4.78 is 0. The van der Waals surface area contributed by atoms with E-state index in [-0.39, 0.29) is 0 Å². The molecule has 1 fully saturated rings. The number of benzene rings is 1. The number of anilines is 1. The van der Waals surface area contributed by atoms with E-state index in [0.29, 0.717) is 5.41 Å². The summed E-state index contributed by atoms with van der Waals surface area (Å²) >= 11 is 0. The minimum absolute atomic E-state index is 0.499. The molecule has 0 spiro atoms. The molecular formula is C14H22N2. The fourth-order valence-corrected chi connectivity index (χ4v) is 2.51. The van der Waals surface area contributed by atoms with Gasteiger partial charge in [0, 0.05) is 24.2 Å².